The van der Waals surface area contributed by atoms with E-state index in [1.54, 1.807) is 0 Å². The Labute approximate surface area is 95.5 Å². The molecule has 3 N–H and O–H groups in total. The minimum atomic E-state index is 0.450. The van der Waals surface area contributed by atoms with Crippen molar-refractivity contribution in [3.05, 3.63) is 22.9 Å². The Kier molecular flexibility index (Phi) is 2.80. The molecule has 0 spiro atoms. The number of nitriles is 1. The maximum absolute atomic E-state index is 9.02. The lowest BCUT2D eigenvalue weighted by Gasteiger charge is -2.27. The number of pyridine rings is 1. The number of rotatable bonds is 1. The molecule has 0 saturated heterocycles. The molecule has 0 aromatic carbocycles. The second-order valence-electron chi connectivity index (χ2n) is 4.49. The molecule has 2 rings (SSSR count). The monoisotopic (exact) mass is 216 g/mol. The van der Waals surface area contributed by atoms with Crippen LogP contribution in [-0.4, -0.2) is 4.98 Å². The van der Waals surface area contributed by atoms with Crippen LogP contribution >= 0.6 is 0 Å². The lowest BCUT2D eigenvalue weighted by molar-refractivity contribution is 0.515. The topological polar surface area (TPSA) is 74.7 Å². The van der Waals surface area contributed by atoms with Gasteiger partial charge in [0.25, 0.3) is 0 Å². The van der Waals surface area contributed by atoms with E-state index in [2.05, 4.69) is 30.3 Å². The summed E-state index contributed by atoms with van der Waals surface area (Å²) in [5.74, 6) is 6.80. The summed E-state index contributed by atoms with van der Waals surface area (Å²) in [6, 6.07) is 4.06. The molecule has 16 heavy (non-hydrogen) atoms. The van der Waals surface area contributed by atoms with Crippen LogP contribution in [0.1, 0.15) is 55.3 Å². The molecule has 1 aliphatic rings. The third-order valence-electron chi connectivity index (χ3n) is 3.37. The van der Waals surface area contributed by atoms with E-state index in [9.17, 15) is 0 Å². The van der Waals surface area contributed by atoms with Crippen molar-refractivity contribution in [1.29, 1.82) is 5.26 Å². The molecule has 4 nitrogen and oxygen atoms in total. The molecule has 0 radical (unpaired) electrons. The summed E-state index contributed by atoms with van der Waals surface area (Å²) in [7, 11) is 0. The molecule has 2 unspecified atom stereocenters. The second-order valence-corrected chi connectivity index (χ2v) is 4.49. The molecular weight excluding hydrogens is 200 g/mol. The van der Waals surface area contributed by atoms with Crippen LogP contribution in [0.3, 0.4) is 0 Å². The Hall–Kier alpha value is -1.60. The molecule has 84 valence electrons. The van der Waals surface area contributed by atoms with Crippen LogP contribution in [0.5, 0.6) is 0 Å². The van der Waals surface area contributed by atoms with Gasteiger partial charge >= 0.3 is 0 Å². The summed E-state index contributed by atoms with van der Waals surface area (Å²) in [5, 5.41) is 9.02. The van der Waals surface area contributed by atoms with Gasteiger partial charge in [0.15, 0.2) is 5.82 Å². The summed E-state index contributed by atoms with van der Waals surface area (Å²) in [5.41, 5.74) is 5.32. The first kappa shape index (κ1) is 10.9. The van der Waals surface area contributed by atoms with Gasteiger partial charge in [-0.2, -0.15) is 5.26 Å². The second kappa shape index (κ2) is 4.11. The van der Waals surface area contributed by atoms with Crippen molar-refractivity contribution >= 4 is 5.82 Å². The number of nitrogen functional groups attached to an aromatic ring is 1. The predicted octanol–water partition coefficient (Wildman–Crippen LogP) is 2.24. The van der Waals surface area contributed by atoms with Gasteiger partial charge in [-0.15, -0.1) is 0 Å². The van der Waals surface area contributed by atoms with Crippen LogP contribution in [0.2, 0.25) is 0 Å². The van der Waals surface area contributed by atoms with E-state index in [1.807, 2.05) is 6.07 Å². The fourth-order valence-corrected chi connectivity index (χ4v) is 2.32. The number of aromatic nitrogens is 1. The largest absolute Gasteiger partial charge is 0.307 e. The standard InChI is InChI=1S/C12H16N4/c1-7-3-4-8(2)11-10(7)5-9(6-13)12(15-11)16-14/h5,7-8H,3-4,14H2,1-2H3,(H,15,16). The minimum Gasteiger partial charge on any atom is -0.307 e. The third kappa shape index (κ3) is 1.63. The highest BCUT2D eigenvalue weighted by molar-refractivity contribution is 5.54. The first-order chi connectivity index (χ1) is 7.67. The van der Waals surface area contributed by atoms with Crippen molar-refractivity contribution in [2.24, 2.45) is 5.84 Å². The highest BCUT2D eigenvalue weighted by Crippen LogP contribution is 2.38. The van der Waals surface area contributed by atoms with Gasteiger partial charge < -0.3 is 5.43 Å². The molecule has 1 heterocycles. The van der Waals surface area contributed by atoms with Crippen molar-refractivity contribution in [2.45, 2.75) is 38.5 Å². The summed E-state index contributed by atoms with van der Waals surface area (Å²) in [6.07, 6.45) is 2.31. The number of anilines is 1. The number of hydrogen-bond acceptors (Lipinski definition) is 4. The van der Waals surface area contributed by atoms with Gasteiger partial charge in [0, 0.05) is 5.69 Å². The van der Waals surface area contributed by atoms with E-state index in [4.69, 9.17) is 11.1 Å². The summed E-state index contributed by atoms with van der Waals surface area (Å²) < 4.78 is 0. The number of nitrogens with one attached hydrogen (secondary N) is 1. The van der Waals surface area contributed by atoms with E-state index < -0.39 is 0 Å². The van der Waals surface area contributed by atoms with Gasteiger partial charge in [-0.1, -0.05) is 13.8 Å². The Morgan fingerprint density at radius 2 is 2.12 bits per heavy atom. The lowest BCUT2D eigenvalue weighted by atomic mass is 9.81. The minimum absolute atomic E-state index is 0.450. The van der Waals surface area contributed by atoms with Gasteiger partial charge in [0.05, 0.1) is 5.56 Å². The molecular formula is C12H16N4. The fourth-order valence-electron chi connectivity index (χ4n) is 2.32. The Morgan fingerprint density at radius 1 is 1.44 bits per heavy atom. The van der Waals surface area contributed by atoms with Crippen LogP contribution in [0.25, 0.3) is 0 Å². The molecule has 2 atom stereocenters. The molecule has 1 aliphatic carbocycles. The van der Waals surface area contributed by atoms with Crippen LogP contribution in [0, 0.1) is 11.3 Å². The normalized spacial score (nSPS) is 23.4. The van der Waals surface area contributed by atoms with Crippen molar-refractivity contribution in [3.63, 3.8) is 0 Å². The summed E-state index contributed by atoms with van der Waals surface area (Å²) >= 11 is 0. The van der Waals surface area contributed by atoms with Crippen molar-refractivity contribution in [2.75, 3.05) is 5.43 Å². The third-order valence-corrected chi connectivity index (χ3v) is 3.37. The first-order valence-corrected chi connectivity index (χ1v) is 5.59. The molecule has 0 fully saturated rings. The van der Waals surface area contributed by atoms with Crippen LogP contribution in [0.4, 0.5) is 5.82 Å². The Balaban J connectivity index is 2.59. The van der Waals surface area contributed by atoms with Gasteiger partial charge in [0.2, 0.25) is 0 Å². The quantitative estimate of drug-likeness (QED) is 0.557. The van der Waals surface area contributed by atoms with E-state index in [0.29, 0.717) is 23.2 Å². The number of nitrogens with zero attached hydrogens (tertiary/aromatic N) is 2. The molecule has 0 aliphatic heterocycles. The first-order valence-electron chi connectivity index (χ1n) is 5.59. The van der Waals surface area contributed by atoms with Crippen molar-refractivity contribution in [1.82, 2.24) is 4.98 Å². The zero-order valence-corrected chi connectivity index (χ0v) is 9.62. The Morgan fingerprint density at radius 3 is 2.75 bits per heavy atom. The number of nitrogens with two attached hydrogens (primary N) is 1. The van der Waals surface area contributed by atoms with E-state index in [0.717, 1.165) is 18.5 Å². The van der Waals surface area contributed by atoms with Crippen LogP contribution < -0.4 is 11.3 Å². The average molecular weight is 216 g/mol. The number of fused-ring (bicyclic) bond motifs is 1. The maximum atomic E-state index is 9.02. The number of hydrogen-bond donors (Lipinski definition) is 2. The highest BCUT2D eigenvalue weighted by Gasteiger charge is 2.24. The average Bonchev–Trinajstić information content (AvgIpc) is 2.32. The van der Waals surface area contributed by atoms with Gasteiger partial charge in [-0.3, -0.25) is 0 Å². The fraction of sp³-hybridized carbons (Fsp3) is 0.500. The van der Waals surface area contributed by atoms with Crippen LogP contribution in [0.15, 0.2) is 6.07 Å². The smallest absolute Gasteiger partial charge is 0.158 e. The number of hydrazine groups is 1. The van der Waals surface area contributed by atoms with Gasteiger partial charge in [-0.25, -0.2) is 10.8 Å². The predicted molar refractivity (Wildman–Crippen MR) is 62.8 cm³/mol. The van der Waals surface area contributed by atoms with Gasteiger partial charge in [-0.05, 0) is 36.3 Å². The lowest BCUT2D eigenvalue weighted by Crippen LogP contribution is -2.17. The Bertz CT molecular complexity index is 447. The van der Waals surface area contributed by atoms with E-state index in [-0.39, 0.29) is 0 Å². The van der Waals surface area contributed by atoms with E-state index >= 15 is 0 Å². The SMILES string of the molecule is CC1CCC(C)c2nc(NN)c(C#N)cc21. The summed E-state index contributed by atoms with van der Waals surface area (Å²) in [6.45, 7) is 4.35. The highest BCUT2D eigenvalue weighted by atomic mass is 15.3. The van der Waals surface area contributed by atoms with Crippen molar-refractivity contribution < 1.29 is 0 Å². The molecule has 1 aromatic heterocycles. The molecule has 0 saturated carbocycles. The molecule has 1 aromatic rings. The molecule has 0 amide bonds. The van der Waals surface area contributed by atoms with Crippen LogP contribution in [-0.2, 0) is 0 Å². The molecule has 0 bridgehead atoms. The van der Waals surface area contributed by atoms with Gasteiger partial charge in [0.1, 0.15) is 6.07 Å². The molecule has 4 heteroatoms. The maximum Gasteiger partial charge on any atom is 0.158 e. The summed E-state index contributed by atoms with van der Waals surface area (Å²) in [4.78, 5) is 4.48. The zero-order valence-electron chi connectivity index (χ0n) is 9.62. The van der Waals surface area contributed by atoms with E-state index in [1.165, 1.54) is 5.56 Å². The zero-order chi connectivity index (χ0) is 11.7. The van der Waals surface area contributed by atoms with Crippen molar-refractivity contribution in [3.8, 4) is 6.07 Å².